The van der Waals surface area contributed by atoms with E-state index in [1.54, 1.807) is 10.9 Å². The van der Waals surface area contributed by atoms with Crippen molar-refractivity contribution in [1.82, 2.24) is 20.3 Å². The molecule has 1 saturated heterocycles. The molecule has 2 heterocycles. The van der Waals surface area contributed by atoms with Gasteiger partial charge in [-0.25, -0.2) is 9.48 Å². The van der Waals surface area contributed by atoms with Gasteiger partial charge in [0.2, 0.25) is 0 Å². The van der Waals surface area contributed by atoms with E-state index in [0.29, 0.717) is 23.9 Å². The second-order valence-electron chi connectivity index (χ2n) is 7.38. The number of nitrogens with one attached hydrogen (secondary N) is 1. The van der Waals surface area contributed by atoms with Gasteiger partial charge in [0.1, 0.15) is 5.69 Å². The minimum atomic E-state index is -0.904. The zero-order chi connectivity index (χ0) is 18.0. The van der Waals surface area contributed by atoms with Crippen LogP contribution < -0.4 is 5.32 Å². The minimum Gasteiger partial charge on any atom is -0.478 e. The van der Waals surface area contributed by atoms with E-state index in [9.17, 15) is 9.90 Å². The zero-order valence-corrected chi connectivity index (χ0v) is 14.6. The fraction of sp³-hybridized carbons (Fsp3) is 0.611. The molecule has 2 aliphatic rings. The van der Waals surface area contributed by atoms with Crippen LogP contribution in [0.4, 0.5) is 0 Å². The largest absolute Gasteiger partial charge is 0.478 e. The zero-order valence-electron chi connectivity index (χ0n) is 14.6. The van der Waals surface area contributed by atoms with Crippen LogP contribution in [-0.4, -0.2) is 42.8 Å². The average Bonchev–Trinajstić information content (AvgIpc) is 3.00. The molecule has 1 fully saturated rings. The Hall–Kier alpha value is -1.99. The molecule has 0 bridgehead atoms. The molecule has 136 valence electrons. The summed E-state index contributed by atoms with van der Waals surface area (Å²) in [7, 11) is 0. The first-order valence-corrected chi connectivity index (χ1v) is 8.79. The van der Waals surface area contributed by atoms with E-state index in [-0.39, 0.29) is 18.1 Å². The van der Waals surface area contributed by atoms with Crippen molar-refractivity contribution < 1.29 is 15.0 Å². The van der Waals surface area contributed by atoms with Crippen LogP contribution in [0.2, 0.25) is 0 Å². The van der Waals surface area contributed by atoms with Gasteiger partial charge in [0.05, 0.1) is 19.3 Å². The number of aromatic nitrogens is 3. The molecule has 0 spiro atoms. The van der Waals surface area contributed by atoms with Crippen molar-refractivity contribution in [2.45, 2.75) is 63.8 Å². The molecule has 0 radical (unpaired) electrons. The van der Waals surface area contributed by atoms with Crippen molar-refractivity contribution in [3.63, 3.8) is 0 Å². The Labute approximate surface area is 147 Å². The first-order valence-electron chi connectivity index (χ1n) is 8.79. The SMILES string of the molecule is C=C(C(=O)O)[C@@H]1CC/C(Cn2cc(CO)nn2)=C\CC[C@@]2(C)N[C@H]2C1. The number of allylic oxidation sites excluding steroid dienone is 2. The third kappa shape index (κ3) is 4.16. The quantitative estimate of drug-likeness (QED) is 0.425. The molecule has 3 N–H and O–H groups in total. The molecular weight excluding hydrogens is 320 g/mol. The molecule has 3 atom stereocenters. The van der Waals surface area contributed by atoms with Crippen LogP contribution in [0.1, 0.15) is 44.7 Å². The molecule has 0 amide bonds. The molecule has 0 unspecified atom stereocenters. The normalized spacial score (nSPS) is 31.5. The van der Waals surface area contributed by atoms with Gasteiger partial charge < -0.3 is 15.5 Å². The maximum Gasteiger partial charge on any atom is 0.331 e. The van der Waals surface area contributed by atoms with Gasteiger partial charge in [0.25, 0.3) is 0 Å². The van der Waals surface area contributed by atoms with Crippen molar-refractivity contribution in [2.24, 2.45) is 5.92 Å². The molecule has 1 aliphatic heterocycles. The Balaban J connectivity index is 1.73. The van der Waals surface area contributed by atoms with E-state index < -0.39 is 5.97 Å². The van der Waals surface area contributed by atoms with E-state index in [0.717, 1.165) is 32.1 Å². The summed E-state index contributed by atoms with van der Waals surface area (Å²) in [5.74, 6) is -0.930. The molecule has 7 nitrogen and oxygen atoms in total. The lowest BCUT2D eigenvalue weighted by molar-refractivity contribution is -0.133. The fourth-order valence-electron chi connectivity index (χ4n) is 3.69. The van der Waals surface area contributed by atoms with Crippen molar-refractivity contribution in [1.29, 1.82) is 0 Å². The van der Waals surface area contributed by atoms with E-state index in [1.165, 1.54) is 5.57 Å². The van der Waals surface area contributed by atoms with Crippen LogP contribution in [0.5, 0.6) is 0 Å². The summed E-state index contributed by atoms with van der Waals surface area (Å²) >= 11 is 0. The summed E-state index contributed by atoms with van der Waals surface area (Å²) in [6.07, 6.45) is 8.42. The van der Waals surface area contributed by atoms with E-state index in [2.05, 4.69) is 35.2 Å². The third-order valence-corrected chi connectivity index (χ3v) is 5.50. The van der Waals surface area contributed by atoms with Gasteiger partial charge in [-0.1, -0.05) is 23.4 Å². The molecular formula is C18H26N4O3. The number of carboxylic acids is 1. The van der Waals surface area contributed by atoms with Gasteiger partial charge in [-0.3, -0.25) is 0 Å². The molecule has 0 saturated carbocycles. The van der Waals surface area contributed by atoms with Crippen molar-refractivity contribution in [2.75, 3.05) is 0 Å². The number of aliphatic hydroxyl groups is 1. The highest BCUT2D eigenvalue weighted by atomic mass is 16.4. The number of hydrogen-bond acceptors (Lipinski definition) is 5. The Kier molecular flexibility index (Phi) is 5.06. The summed E-state index contributed by atoms with van der Waals surface area (Å²) < 4.78 is 1.73. The molecule has 1 aromatic rings. The van der Waals surface area contributed by atoms with Crippen LogP contribution >= 0.6 is 0 Å². The first-order chi connectivity index (χ1) is 11.9. The van der Waals surface area contributed by atoms with E-state index >= 15 is 0 Å². The average molecular weight is 346 g/mol. The van der Waals surface area contributed by atoms with Gasteiger partial charge in [-0.15, -0.1) is 5.10 Å². The number of aliphatic carboxylic acids is 1. The number of hydrogen-bond donors (Lipinski definition) is 3. The Morgan fingerprint density at radius 2 is 2.36 bits per heavy atom. The lowest BCUT2D eigenvalue weighted by Gasteiger charge is -2.20. The summed E-state index contributed by atoms with van der Waals surface area (Å²) in [6, 6.07) is 0.381. The van der Waals surface area contributed by atoms with Crippen molar-refractivity contribution in [3.8, 4) is 0 Å². The van der Waals surface area contributed by atoms with Gasteiger partial charge in [-0.2, -0.15) is 0 Å². The summed E-state index contributed by atoms with van der Waals surface area (Å²) in [4.78, 5) is 11.4. The highest BCUT2D eigenvalue weighted by Gasteiger charge is 2.49. The molecule has 25 heavy (non-hydrogen) atoms. The lowest BCUT2D eigenvalue weighted by Crippen LogP contribution is -2.19. The lowest BCUT2D eigenvalue weighted by atomic mass is 9.84. The number of aliphatic hydroxyl groups excluding tert-OH is 1. The minimum absolute atomic E-state index is 0.0259. The molecule has 3 rings (SSSR count). The Bertz CT molecular complexity index is 696. The van der Waals surface area contributed by atoms with Crippen LogP contribution in [0.25, 0.3) is 0 Å². The summed E-state index contributed by atoms with van der Waals surface area (Å²) in [5.41, 5.74) is 2.18. The van der Waals surface area contributed by atoms with Crippen molar-refractivity contribution in [3.05, 3.63) is 35.7 Å². The standard InChI is InChI=1S/C18H26N4O3/c1-12(17(24)25)14-6-5-13(9-22-10-15(11-23)20-21-22)4-3-7-18(2)16(8-14)19-18/h4,10,14,16,19,23H,1,3,5-9,11H2,2H3,(H,24,25)/b13-4+/t14-,16+,18-/m1/s1. The summed E-state index contributed by atoms with van der Waals surface area (Å²) in [6.45, 7) is 6.51. The summed E-state index contributed by atoms with van der Waals surface area (Å²) in [5, 5.41) is 29.9. The topological polar surface area (TPSA) is 110 Å². The van der Waals surface area contributed by atoms with Gasteiger partial charge >= 0.3 is 5.97 Å². The smallest absolute Gasteiger partial charge is 0.331 e. The van der Waals surface area contributed by atoms with Crippen LogP contribution in [-0.2, 0) is 17.9 Å². The monoisotopic (exact) mass is 346 g/mol. The maximum atomic E-state index is 11.4. The Morgan fingerprint density at radius 1 is 1.56 bits per heavy atom. The van der Waals surface area contributed by atoms with Crippen molar-refractivity contribution >= 4 is 5.97 Å². The maximum absolute atomic E-state index is 11.4. The number of nitrogens with zero attached hydrogens (tertiary/aromatic N) is 3. The highest BCUT2D eigenvalue weighted by molar-refractivity contribution is 5.86. The highest BCUT2D eigenvalue weighted by Crippen LogP contribution is 2.39. The van der Waals surface area contributed by atoms with Gasteiger partial charge in [-0.05, 0) is 44.9 Å². The second kappa shape index (κ2) is 7.09. The molecule has 1 aliphatic carbocycles. The molecule has 0 aromatic carbocycles. The predicted molar refractivity (Wildman–Crippen MR) is 92.7 cm³/mol. The predicted octanol–water partition coefficient (Wildman–Crippen LogP) is 1.65. The van der Waals surface area contributed by atoms with Gasteiger partial charge in [0, 0.05) is 17.2 Å². The van der Waals surface area contributed by atoms with Crippen LogP contribution in [0.3, 0.4) is 0 Å². The first kappa shape index (κ1) is 17.8. The number of rotatable bonds is 5. The number of carbonyl (C=O) groups is 1. The van der Waals surface area contributed by atoms with Gasteiger partial charge in [0.15, 0.2) is 0 Å². The van der Waals surface area contributed by atoms with E-state index in [4.69, 9.17) is 5.11 Å². The molecule has 7 heteroatoms. The van der Waals surface area contributed by atoms with Crippen LogP contribution in [0, 0.1) is 5.92 Å². The third-order valence-electron chi connectivity index (χ3n) is 5.50. The number of fused-ring (bicyclic) bond motifs is 1. The Morgan fingerprint density at radius 3 is 3.04 bits per heavy atom. The molecule has 1 aromatic heterocycles. The second-order valence-corrected chi connectivity index (χ2v) is 7.38. The van der Waals surface area contributed by atoms with Crippen LogP contribution in [0.15, 0.2) is 30.0 Å². The number of carboxylic acid groups (broad SMARTS) is 1. The fourth-order valence-corrected chi connectivity index (χ4v) is 3.69. The van der Waals surface area contributed by atoms with E-state index in [1.807, 2.05) is 0 Å².